The number of fused-ring (bicyclic) bond motifs is 1. The van der Waals surface area contributed by atoms with Crippen LogP contribution in [-0.4, -0.2) is 10.1 Å². The van der Waals surface area contributed by atoms with Gasteiger partial charge in [-0.1, -0.05) is 0 Å². The van der Waals surface area contributed by atoms with Crippen LogP contribution in [0, 0.1) is 6.92 Å². The first-order valence-electron chi connectivity index (χ1n) is 5.78. The second-order valence-corrected chi connectivity index (χ2v) is 5.37. The Hall–Kier alpha value is -2.27. The Morgan fingerprint density at radius 2 is 1.89 bits per heavy atom. The van der Waals surface area contributed by atoms with Crippen LogP contribution in [0.4, 0.5) is 11.4 Å². The molecule has 0 radical (unpaired) electrons. The maximum atomic E-state index is 9.82. The first kappa shape index (κ1) is 11.8. The topological polar surface area (TPSA) is 57.8 Å². The summed E-state index contributed by atoms with van der Waals surface area (Å²) in [5, 5.41) is 19.1. The lowest BCUT2D eigenvalue weighted by atomic mass is 10.2. The van der Waals surface area contributed by atoms with Crippen molar-refractivity contribution in [3.63, 3.8) is 0 Å². The van der Waals surface area contributed by atoms with Crippen molar-refractivity contribution in [1.82, 2.24) is 4.98 Å². The summed E-state index contributed by atoms with van der Waals surface area (Å²) >= 11 is 1.60. The highest BCUT2D eigenvalue weighted by atomic mass is 32.1. The number of benzene rings is 1. The number of hydrogen-bond acceptors (Lipinski definition) is 5. The SMILES string of the molecule is Cc1cc2c(O)ccc(/N=N/c3ccncc3)c2s1. The average Bonchev–Trinajstić information content (AvgIpc) is 2.82. The minimum atomic E-state index is 0.280. The predicted octanol–water partition coefficient (Wildman–Crippen LogP) is 4.73. The largest absolute Gasteiger partial charge is 0.507 e. The van der Waals surface area contributed by atoms with Crippen LogP contribution in [0.1, 0.15) is 4.88 Å². The van der Waals surface area contributed by atoms with Gasteiger partial charge >= 0.3 is 0 Å². The molecule has 0 fully saturated rings. The molecule has 0 aliphatic rings. The van der Waals surface area contributed by atoms with Crippen LogP contribution >= 0.6 is 11.3 Å². The maximum absolute atomic E-state index is 9.82. The molecule has 1 aromatic carbocycles. The third kappa shape index (κ3) is 2.32. The minimum Gasteiger partial charge on any atom is -0.507 e. The molecule has 0 amide bonds. The molecule has 0 saturated carbocycles. The number of phenols is 1. The van der Waals surface area contributed by atoms with Crippen LogP contribution in [0.2, 0.25) is 0 Å². The number of aromatic hydroxyl groups is 1. The second kappa shape index (κ2) is 4.78. The molecule has 0 aliphatic heterocycles. The van der Waals surface area contributed by atoms with Gasteiger partial charge in [-0.2, -0.15) is 5.11 Å². The summed E-state index contributed by atoms with van der Waals surface area (Å²) in [6, 6.07) is 8.97. The molecule has 3 aromatic rings. The monoisotopic (exact) mass is 269 g/mol. The lowest BCUT2D eigenvalue weighted by molar-refractivity contribution is 0.482. The Morgan fingerprint density at radius 3 is 2.68 bits per heavy atom. The van der Waals surface area contributed by atoms with Crippen molar-refractivity contribution in [1.29, 1.82) is 0 Å². The van der Waals surface area contributed by atoms with Crippen LogP contribution in [-0.2, 0) is 0 Å². The van der Waals surface area contributed by atoms with E-state index in [1.54, 1.807) is 48.0 Å². The molecular weight excluding hydrogens is 258 g/mol. The van der Waals surface area contributed by atoms with Crippen molar-refractivity contribution in [2.24, 2.45) is 10.2 Å². The van der Waals surface area contributed by atoms with E-state index in [2.05, 4.69) is 15.2 Å². The van der Waals surface area contributed by atoms with Gasteiger partial charge in [0.05, 0.1) is 10.4 Å². The lowest BCUT2D eigenvalue weighted by Crippen LogP contribution is -1.69. The van der Waals surface area contributed by atoms with Crippen LogP contribution in [0.5, 0.6) is 5.75 Å². The van der Waals surface area contributed by atoms with E-state index < -0.39 is 0 Å². The number of aromatic nitrogens is 1. The zero-order valence-corrected chi connectivity index (χ0v) is 11.1. The Labute approximate surface area is 114 Å². The quantitative estimate of drug-likeness (QED) is 0.684. The number of aryl methyl sites for hydroxylation is 1. The van der Waals surface area contributed by atoms with Crippen molar-refractivity contribution >= 4 is 32.8 Å². The van der Waals surface area contributed by atoms with E-state index in [1.165, 1.54) is 0 Å². The Bertz CT molecular complexity index is 750. The van der Waals surface area contributed by atoms with E-state index in [4.69, 9.17) is 0 Å². The number of rotatable bonds is 2. The van der Waals surface area contributed by atoms with E-state index in [0.29, 0.717) is 0 Å². The molecule has 3 rings (SSSR count). The first-order chi connectivity index (χ1) is 9.24. The molecule has 2 heterocycles. The zero-order valence-electron chi connectivity index (χ0n) is 10.2. The number of phenolic OH excluding ortho intramolecular Hbond substituents is 1. The van der Waals surface area contributed by atoms with Crippen LogP contribution in [0.3, 0.4) is 0 Å². The van der Waals surface area contributed by atoms with E-state index in [1.807, 2.05) is 13.0 Å². The van der Waals surface area contributed by atoms with Gasteiger partial charge in [-0.05, 0) is 37.3 Å². The van der Waals surface area contributed by atoms with Crippen molar-refractivity contribution in [2.45, 2.75) is 6.92 Å². The van der Waals surface area contributed by atoms with Crippen LogP contribution in [0.25, 0.3) is 10.1 Å². The summed E-state index contributed by atoms with van der Waals surface area (Å²) < 4.78 is 0.954. The second-order valence-electron chi connectivity index (χ2n) is 4.11. The molecule has 2 aromatic heterocycles. The molecule has 1 N–H and O–H groups in total. The van der Waals surface area contributed by atoms with Crippen molar-refractivity contribution in [2.75, 3.05) is 0 Å². The van der Waals surface area contributed by atoms with E-state index >= 15 is 0 Å². The van der Waals surface area contributed by atoms with Gasteiger partial charge in [0, 0.05) is 22.7 Å². The zero-order chi connectivity index (χ0) is 13.2. The van der Waals surface area contributed by atoms with Gasteiger partial charge in [-0.15, -0.1) is 16.5 Å². The summed E-state index contributed by atoms with van der Waals surface area (Å²) in [7, 11) is 0. The smallest absolute Gasteiger partial charge is 0.124 e. The molecule has 0 spiro atoms. The highest BCUT2D eigenvalue weighted by Crippen LogP contribution is 2.39. The Kier molecular flexibility index (Phi) is 2.97. The standard InChI is InChI=1S/C14H11N3OS/c1-9-8-11-13(18)3-2-12(14(11)19-9)17-16-10-4-6-15-7-5-10/h2-8,18H,1H3/b17-16+. The fraction of sp³-hybridized carbons (Fsp3) is 0.0714. The lowest BCUT2D eigenvalue weighted by Gasteiger charge is -1.98. The fourth-order valence-electron chi connectivity index (χ4n) is 1.82. The molecule has 5 heteroatoms. The van der Waals surface area contributed by atoms with Gasteiger partial charge in [0.2, 0.25) is 0 Å². The van der Waals surface area contributed by atoms with Gasteiger partial charge in [0.25, 0.3) is 0 Å². The molecule has 19 heavy (non-hydrogen) atoms. The average molecular weight is 269 g/mol. The molecular formula is C14H11N3OS. The molecule has 0 atom stereocenters. The number of pyridine rings is 1. The number of hydrogen-bond donors (Lipinski definition) is 1. The van der Waals surface area contributed by atoms with E-state index in [-0.39, 0.29) is 5.75 Å². The summed E-state index contributed by atoms with van der Waals surface area (Å²) in [5.74, 6) is 0.280. The number of azo groups is 1. The number of thiophene rings is 1. The van der Waals surface area contributed by atoms with Crippen molar-refractivity contribution < 1.29 is 5.11 Å². The first-order valence-corrected chi connectivity index (χ1v) is 6.59. The molecule has 94 valence electrons. The normalized spacial score (nSPS) is 11.4. The van der Waals surface area contributed by atoms with Crippen molar-refractivity contribution in [3.05, 3.63) is 47.6 Å². The molecule has 0 aliphatic carbocycles. The van der Waals surface area contributed by atoms with Crippen LogP contribution in [0.15, 0.2) is 53.0 Å². The molecule has 0 unspecified atom stereocenters. The van der Waals surface area contributed by atoms with Gasteiger partial charge < -0.3 is 5.11 Å². The summed E-state index contributed by atoms with van der Waals surface area (Å²) in [6.45, 7) is 2.01. The summed E-state index contributed by atoms with van der Waals surface area (Å²) in [4.78, 5) is 5.07. The van der Waals surface area contributed by atoms with Crippen LogP contribution < -0.4 is 0 Å². The molecule has 0 saturated heterocycles. The third-order valence-electron chi connectivity index (χ3n) is 2.70. The summed E-state index contributed by atoms with van der Waals surface area (Å²) in [6.07, 6.45) is 3.35. The Morgan fingerprint density at radius 1 is 1.11 bits per heavy atom. The van der Waals surface area contributed by atoms with E-state index in [9.17, 15) is 5.11 Å². The highest BCUT2D eigenvalue weighted by molar-refractivity contribution is 7.19. The predicted molar refractivity (Wildman–Crippen MR) is 76.6 cm³/mol. The maximum Gasteiger partial charge on any atom is 0.124 e. The third-order valence-corrected chi connectivity index (χ3v) is 3.77. The van der Waals surface area contributed by atoms with Crippen molar-refractivity contribution in [3.8, 4) is 5.75 Å². The Balaban J connectivity index is 2.06. The highest BCUT2D eigenvalue weighted by Gasteiger charge is 2.08. The van der Waals surface area contributed by atoms with Gasteiger partial charge in [-0.25, -0.2) is 0 Å². The fourth-order valence-corrected chi connectivity index (χ4v) is 2.80. The molecule has 0 bridgehead atoms. The molecule has 4 nitrogen and oxygen atoms in total. The van der Waals surface area contributed by atoms with Gasteiger partial charge in [-0.3, -0.25) is 4.98 Å². The van der Waals surface area contributed by atoms with Gasteiger partial charge in [0.1, 0.15) is 11.4 Å². The van der Waals surface area contributed by atoms with E-state index in [0.717, 1.165) is 26.3 Å². The number of nitrogens with zero attached hydrogens (tertiary/aromatic N) is 3. The summed E-state index contributed by atoms with van der Waals surface area (Å²) in [5.41, 5.74) is 1.52. The minimum absolute atomic E-state index is 0.280. The van der Waals surface area contributed by atoms with Gasteiger partial charge in [0.15, 0.2) is 0 Å².